The van der Waals surface area contributed by atoms with Gasteiger partial charge in [0.15, 0.2) is 0 Å². The summed E-state index contributed by atoms with van der Waals surface area (Å²) < 4.78 is 28.0. The Morgan fingerprint density at radius 1 is 1.10 bits per heavy atom. The van der Waals surface area contributed by atoms with E-state index in [9.17, 15) is 8.42 Å². The molecule has 0 aliphatic carbocycles. The van der Waals surface area contributed by atoms with Gasteiger partial charge in [0.2, 0.25) is 0 Å². The molecule has 0 bridgehead atoms. The summed E-state index contributed by atoms with van der Waals surface area (Å²) in [6, 6.07) is 11.8. The zero-order valence-corrected chi connectivity index (χ0v) is 13.8. The van der Waals surface area contributed by atoms with Gasteiger partial charge in [-0.15, -0.1) is 0 Å². The van der Waals surface area contributed by atoms with Gasteiger partial charge in [-0.2, -0.15) is 0 Å². The second-order valence-electron chi connectivity index (χ2n) is 4.46. The number of aromatic nitrogens is 1. The molecule has 2 aromatic carbocycles. The highest BCUT2D eigenvalue weighted by atomic mass is 79.9. The number of hydrogen-bond donors (Lipinski definition) is 2. The third-order valence-electron chi connectivity index (χ3n) is 2.99. The molecule has 0 saturated heterocycles. The minimum Gasteiger partial charge on any atom is -0.361 e. The topological polar surface area (TPSA) is 62.0 Å². The predicted molar refractivity (Wildman–Crippen MR) is 88.3 cm³/mol. The van der Waals surface area contributed by atoms with Crippen molar-refractivity contribution in [2.45, 2.75) is 4.90 Å². The largest absolute Gasteiger partial charge is 0.361 e. The first-order valence-corrected chi connectivity index (χ1v) is 8.66. The molecule has 2 N–H and O–H groups in total. The molecular formula is C14H10BrClN2O2S. The molecule has 4 nitrogen and oxygen atoms in total. The molecule has 7 heteroatoms. The van der Waals surface area contributed by atoms with Crippen molar-refractivity contribution >= 4 is 54.1 Å². The Hall–Kier alpha value is -1.50. The zero-order valence-electron chi connectivity index (χ0n) is 10.6. The first-order valence-electron chi connectivity index (χ1n) is 6.01. The molecule has 21 heavy (non-hydrogen) atoms. The van der Waals surface area contributed by atoms with E-state index in [1.807, 2.05) is 12.1 Å². The second kappa shape index (κ2) is 5.36. The van der Waals surface area contributed by atoms with Crippen LogP contribution in [0.3, 0.4) is 0 Å². The summed E-state index contributed by atoms with van der Waals surface area (Å²) in [6.07, 6.45) is 1.80. The molecule has 0 amide bonds. The minimum absolute atomic E-state index is 0.0431. The highest BCUT2D eigenvalue weighted by molar-refractivity contribution is 9.10. The third kappa shape index (κ3) is 2.92. The van der Waals surface area contributed by atoms with Gasteiger partial charge >= 0.3 is 0 Å². The van der Waals surface area contributed by atoms with Gasteiger partial charge in [-0.25, -0.2) is 8.42 Å². The number of anilines is 1. The second-order valence-corrected chi connectivity index (χ2v) is 7.43. The summed E-state index contributed by atoms with van der Waals surface area (Å²) in [5.74, 6) is 0. The molecule has 0 unspecified atom stereocenters. The zero-order chi connectivity index (χ0) is 15.0. The summed E-state index contributed by atoms with van der Waals surface area (Å²) in [4.78, 5) is 3.10. The van der Waals surface area contributed by atoms with Crippen LogP contribution < -0.4 is 4.72 Å². The molecule has 0 atom stereocenters. The van der Waals surface area contributed by atoms with Crippen LogP contribution >= 0.6 is 27.5 Å². The summed E-state index contributed by atoms with van der Waals surface area (Å²) in [7, 11) is -3.73. The average molecular weight is 386 g/mol. The first-order chi connectivity index (χ1) is 9.95. The molecule has 3 aromatic rings. The van der Waals surface area contributed by atoms with E-state index in [1.54, 1.807) is 30.5 Å². The normalized spacial score (nSPS) is 11.7. The first kappa shape index (κ1) is 14.4. The SMILES string of the molecule is O=S(=O)(Nc1ccc2[nH]ccc2c1)c1ccc(Br)cc1Cl. The molecule has 0 aliphatic rings. The molecule has 0 saturated carbocycles. The van der Waals surface area contributed by atoms with Gasteiger partial charge in [0.25, 0.3) is 10.0 Å². The van der Waals surface area contributed by atoms with Gasteiger partial charge in [-0.05, 0) is 42.5 Å². The van der Waals surface area contributed by atoms with E-state index in [2.05, 4.69) is 25.6 Å². The highest BCUT2D eigenvalue weighted by Crippen LogP contribution is 2.27. The molecule has 1 aromatic heterocycles. The van der Waals surface area contributed by atoms with E-state index in [0.717, 1.165) is 15.4 Å². The van der Waals surface area contributed by atoms with Crippen LogP contribution in [0, 0.1) is 0 Å². The van der Waals surface area contributed by atoms with Crippen molar-refractivity contribution in [3.63, 3.8) is 0 Å². The third-order valence-corrected chi connectivity index (χ3v) is 5.35. The van der Waals surface area contributed by atoms with Crippen LogP contribution in [0.25, 0.3) is 10.9 Å². The van der Waals surface area contributed by atoms with E-state index < -0.39 is 10.0 Å². The van der Waals surface area contributed by atoms with Crippen molar-refractivity contribution in [2.75, 3.05) is 4.72 Å². The number of aromatic amines is 1. The summed E-state index contributed by atoms with van der Waals surface area (Å²) in [6.45, 7) is 0. The molecule has 108 valence electrons. The molecule has 3 rings (SSSR count). The van der Waals surface area contributed by atoms with Gasteiger partial charge in [0.1, 0.15) is 4.90 Å². The van der Waals surface area contributed by atoms with Gasteiger partial charge in [0.05, 0.1) is 5.02 Å². The van der Waals surface area contributed by atoms with Crippen LogP contribution in [0.2, 0.25) is 5.02 Å². The van der Waals surface area contributed by atoms with E-state index in [-0.39, 0.29) is 9.92 Å². The smallest absolute Gasteiger partial charge is 0.263 e. The molecular weight excluding hydrogens is 376 g/mol. The quantitative estimate of drug-likeness (QED) is 0.702. The Labute approximate surface area is 135 Å². The van der Waals surface area contributed by atoms with Gasteiger partial charge in [0, 0.05) is 27.3 Å². The number of fused-ring (bicyclic) bond motifs is 1. The lowest BCUT2D eigenvalue weighted by Gasteiger charge is -2.10. The molecule has 0 fully saturated rings. The predicted octanol–water partition coefficient (Wildman–Crippen LogP) is 4.38. The minimum atomic E-state index is -3.73. The Kier molecular flexibility index (Phi) is 3.69. The van der Waals surface area contributed by atoms with Crippen molar-refractivity contribution < 1.29 is 8.42 Å². The lowest BCUT2D eigenvalue weighted by molar-refractivity contribution is 0.601. The molecule has 0 spiro atoms. The van der Waals surface area contributed by atoms with Crippen LogP contribution in [-0.2, 0) is 10.0 Å². The van der Waals surface area contributed by atoms with Gasteiger partial charge < -0.3 is 4.98 Å². The number of benzene rings is 2. The maximum absolute atomic E-state index is 12.4. The summed E-state index contributed by atoms with van der Waals surface area (Å²) >= 11 is 9.25. The number of rotatable bonds is 3. The van der Waals surface area contributed by atoms with Crippen LogP contribution in [0.4, 0.5) is 5.69 Å². The van der Waals surface area contributed by atoms with Crippen LogP contribution in [0.15, 0.2) is 58.0 Å². The lowest BCUT2D eigenvalue weighted by atomic mass is 10.2. The van der Waals surface area contributed by atoms with E-state index in [4.69, 9.17) is 11.6 Å². The van der Waals surface area contributed by atoms with Crippen LogP contribution in [0.5, 0.6) is 0 Å². The fraction of sp³-hybridized carbons (Fsp3) is 0. The van der Waals surface area contributed by atoms with Crippen LogP contribution in [0.1, 0.15) is 0 Å². The molecule has 0 radical (unpaired) electrons. The lowest BCUT2D eigenvalue weighted by Crippen LogP contribution is -2.13. The highest BCUT2D eigenvalue weighted by Gasteiger charge is 2.18. The Balaban J connectivity index is 1.98. The Morgan fingerprint density at radius 2 is 1.90 bits per heavy atom. The summed E-state index contributed by atoms with van der Waals surface area (Å²) in [5.41, 5.74) is 1.43. The molecule has 0 aliphatic heterocycles. The van der Waals surface area contributed by atoms with Crippen molar-refractivity contribution in [2.24, 2.45) is 0 Å². The van der Waals surface area contributed by atoms with Crippen LogP contribution in [-0.4, -0.2) is 13.4 Å². The number of nitrogens with one attached hydrogen (secondary N) is 2. The molecule has 1 heterocycles. The van der Waals surface area contributed by atoms with Crippen molar-refractivity contribution in [3.8, 4) is 0 Å². The van der Waals surface area contributed by atoms with Crippen molar-refractivity contribution in [1.82, 2.24) is 4.98 Å². The standard InChI is InChI=1S/C14H10BrClN2O2S/c15-10-1-4-14(12(16)8-10)21(19,20)18-11-2-3-13-9(7-11)5-6-17-13/h1-8,17-18H. The fourth-order valence-corrected chi connectivity index (χ4v) is 4.11. The van der Waals surface area contributed by atoms with Crippen molar-refractivity contribution in [3.05, 3.63) is 58.2 Å². The maximum atomic E-state index is 12.4. The van der Waals surface area contributed by atoms with E-state index in [1.165, 1.54) is 6.07 Å². The van der Waals surface area contributed by atoms with Gasteiger partial charge in [-0.3, -0.25) is 4.72 Å². The monoisotopic (exact) mass is 384 g/mol. The number of hydrogen-bond acceptors (Lipinski definition) is 2. The fourth-order valence-electron chi connectivity index (χ4n) is 2.02. The van der Waals surface area contributed by atoms with E-state index >= 15 is 0 Å². The Morgan fingerprint density at radius 3 is 2.67 bits per heavy atom. The number of halogens is 2. The maximum Gasteiger partial charge on any atom is 0.263 e. The van der Waals surface area contributed by atoms with Crippen molar-refractivity contribution in [1.29, 1.82) is 0 Å². The van der Waals surface area contributed by atoms with Gasteiger partial charge in [-0.1, -0.05) is 27.5 Å². The van der Waals surface area contributed by atoms with E-state index in [0.29, 0.717) is 5.69 Å². The average Bonchev–Trinajstić information content (AvgIpc) is 2.85. The summed E-state index contributed by atoms with van der Waals surface area (Å²) in [5, 5.41) is 1.09. The number of H-pyrrole nitrogens is 1. The number of sulfonamides is 1. The Bertz CT molecular complexity index is 922.